The molecule has 2 N–H and O–H groups in total. The number of likely N-dealkylation sites (tertiary alicyclic amines) is 1. The quantitative estimate of drug-likeness (QED) is 0.819. The molecule has 3 nitrogen and oxygen atoms in total. The molecule has 1 aliphatic carbocycles. The van der Waals surface area contributed by atoms with Crippen LogP contribution in [0, 0.1) is 5.41 Å². The highest BCUT2D eigenvalue weighted by molar-refractivity contribution is 4.88. The van der Waals surface area contributed by atoms with E-state index in [-0.39, 0.29) is 0 Å². The first-order valence-corrected chi connectivity index (χ1v) is 7.82. The highest BCUT2D eigenvalue weighted by atomic mass is 16.5. The normalized spacial score (nSPS) is 29.3. The van der Waals surface area contributed by atoms with Crippen molar-refractivity contribution < 1.29 is 4.74 Å². The SMILES string of the molecule is CCOC1CCCN(CC2(CN)CCCCC2)C1. The van der Waals surface area contributed by atoms with Crippen LogP contribution in [-0.2, 0) is 4.74 Å². The van der Waals surface area contributed by atoms with Gasteiger partial charge in [-0.2, -0.15) is 0 Å². The smallest absolute Gasteiger partial charge is 0.0702 e. The van der Waals surface area contributed by atoms with E-state index in [4.69, 9.17) is 10.5 Å². The summed E-state index contributed by atoms with van der Waals surface area (Å²) in [5, 5.41) is 0. The lowest BCUT2D eigenvalue weighted by Gasteiger charge is -2.43. The Bertz CT molecular complexity index is 237. The third-order valence-corrected chi connectivity index (χ3v) is 4.77. The van der Waals surface area contributed by atoms with Crippen molar-refractivity contribution >= 4 is 0 Å². The van der Waals surface area contributed by atoms with Crippen molar-refractivity contribution in [1.29, 1.82) is 0 Å². The number of hydrogen-bond donors (Lipinski definition) is 1. The van der Waals surface area contributed by atoms with Crippen LogP contribution in [0.25, 0.3) is 0 Å². The van der Waals surface area contributed by atoms with Crippen molar-refractivity contribution in [3.8, 4) is 0 Å². The van der Waals surface area contributed by atoms with E-state index < -0.39 is 0 Å². The van der Waals surface area contributed by atoms with Crippen molar-refractivity contribution in [3.05, 3.63) is 0 Å². The molecule has 1 saturated heterocycles. The van der Waals surface area contributed by atoms with Crippen LogP contribution < -0.4 is 5.73 Å². The van der Waals surface area contributed by atoms with Gasteiger partial charge in [0, 0.05) is 19.7 Å². The molecule has 0 amide bonds. The fourth-order valence-electron chi connectivity index (χ4n) is 3.73. The number of hydrogen-bond acceptors (Lipinski definition) is 3. The second-order valence-electron chi connectivity index (χ2n) is 6.22. The first-order chi connectivity index (χ1) is 8.78. The molecule has 1 atom stereocenters. The van der Waals surface area contributed by atoms with Crippen molar-refractivity contribution in [1.82, 2.24) is 4.90 Å². The standard InChI is InChI=1S/C15H30N2O/c1-2-18-14-7-6-10-17(11-14)13-15(12-16)8-4-3-5-9-15/h14H,2-13,16H2,1H3. The summed E-state index contributed by atoms with van der Waals surface area (Å²) in [5.74, 6) is 0. The van der Waals surface area contributed by atoms with Crippen LogP contribution in [0.15, 0.2) is 0 Å². The van der Waals surface area contributed by atoms with E-state index in [0.29, 0.717) is 11.5 Å². The van der Waals surface area contributed by atoms with E-state index in [1.165, 1.54) is 58.0 Å². The van der Waals surface area contributed by atoms with E-state index >= 15 is 0 Å². The van der Waals surface area contributed by atoms with Crippen LogP contribution in [-0.4, -0.2) is 43.8 Å². The maximum atomic E-state index is 6.09. The molecule has 0 spiro atoms. The average Bonchev–Trinajstić information content (AvgIpc) is 2.41. The number of piperidine rings is 1. The van der Waals surface area contributed by atoms with Crippen molar-refractivity contribution in [2.75, 3.05) is 32.8 Å². The number of nitrogens with two attached hydrogens (primary N) is 1. The fraction of sp³-hybridized carbons (Fsp3) is 1.00. The number of nitrogens with zero attached hydrogens (tertiary/aromatic N) is 1. The summed E-state index contributed by atoms with van der Waals surface area (Å²) in [5.41, 5.74) is 6.50. The predicted octanol–water partition coefficient (Wildman–Crippen LogP) is 2.40. The van der Waals surface area contributed by atoms with Crippen molar-refractivity contribution in [2.24, 2.45) is 11.1 Å². The Morgan fingerprint density at radius 2 is 2.00 bits per heavy atom. The molecule has 2 fully saturated rings. The molecule has 0 radical (unpaired) electrons. The number of ether oxygens (including phenoxy) is 1. The number of rotatable bonds is 5. The summed E-state index contributed by atoms with van der Waals surface area (Å²) >= 11 is 0. The molecule has 0 aromatic heterocycles. The molecule has 1 aliphatic heterocycles. The molecule has 0 aromatic rings. The summed E-state index contributed by atoms with van der Waals surface area (Å²) in [7, 11) is 0. The summed E-state index contributed by atoms with van der Waals surface area (Å²) in [6.45, 7) is 7.37. The largest absolute Gasteiger partial charge is 0.377 e. The van der Waals surface area contributed by atoms with Crippen molar-refractivity contribution in [3.63, 3.8) is 0 Å². The summed E-state index contributed by atoms with van der Waals surface area (Å²) in [6, 6.07) is 0. The molecule has 1 saturated carbocycles. The zero-order valence-electron chi connectivity index (χ0n) is 12.0. The molecule has 18 heavy (non-hydrogen) atoms. The molecule has 2 aliphatic rings. The molecule has 0 bridgehead atoms. The maximum Gasteiger partial charge on any atom is 0.0702 e. The second-order valence-corrected chi connectivity index (χ2v) is 6.22. The lowest BCUT2D eigenvalue weighted by atomic mass is 9.73. The minimum absolute atomic E-state index is 0.409. The third-order valence-electron chi connectivity index (χ3n) is 4.77. The predicted molar refractivity (Wildman–Crippen MR) is 75.7 cm³/mol. The highest BCUT2D eigenvalue weighted by Crippen LogP contribution is 2.36. The Balaban J connectivity index is 1.86. The van der Waals surface area contributed by atoms with Crippen LogP contribution in [0.5, 0.6) is 0 Å². The minimum Gasteiger partial charge on any atom is -0.377 e. The molecule has 106 valence electrons. The molecule has 3 heteroatoms. The van der Waals surface area contributed by atoms with Gasteiger partial charge in [0.15, 0.2) is 0 Å². The highest BCUT2D eigenvalue weighted by Gasteiger charge is 2.34. The van der Waals surface area contributed by atoms with Crippen LogP contribution >= 0.6 is 0 Å². The molecular weight excluding hydrogens is 224 g/mol. The van der Waals surface area contributed by atoms with Crippen molar-refractivity contribution in [2.45, 2.75) is 58.0 Å². The Morgan fingerprint density at radius 3 is 2.67 bits per heavy atom. The first kappa shape index (κ1) is 14.3. The van der Waals surface area contributed by atoms with Gasteiger partial charge in [0.25, 0.3) is 0 Å². The van der Waals surface area contributed by atoms with E-state index in [1.807, 2.05) is 0 Å². The topological polar surface area (TPSA) is 38.5 Å². The summed E-state index contributed by atoms with van der Waals surface area (Å²) in [4.78, 5) is 2.61. The van der Waals surface area contributed by atoms with Gasteiger partial charge in [0.05, 0.1) is 6.10 Å². The Hall–Kier alpha value is -0.120. The van der Waals surface area contributed by atoms with Gasteiger partial charge in [0.2, 0.25) is 0 Å². The van der Waals surface area contributed by atoms with Gasteiger partial charge in [-0.05, 0) is 51.1 Å². The lowest BCUT2D eigenvalue weighted by Crippen LogP contribution is -2.48. The van der Waals surface area contributed by atoms with Crippen LogP contribution in [0.2, 0.25) is 0 Å². The molecular formula is C15H30N2O. The van der Waals surface area contributed by atoms with Gasteiger partial charge in [-0.3, -0.25) is 0 Å². The molecule has 0 aromatic carbocycles. The maximum absolute atomic E-state index is 6.09. The molecule has 1 unspecified atom stereocenters. The van der Waals surface area contributed by atoms with Gasteiger partial charge >= 0.3 is 0 Å². The first-order valence-electron chi connectivity index (χ1n) is 7.82. The Labute approximate surface area is 112 Å². The Morgan fingerprint density at radius 1 is 1.22 bits per heavy atom. The minimum atomic E-state index is 0.409. The lowest BCUT2D eigenvalue weighted by molar-refractivity contribution is -0.0106. The van der Waals surface area contributed by atoms with Gasteiger partial charge in [-0.25, -0.2) is 0 Å². The average molecular weight is 254 g/mol. The van der Waals surface area contributed by atoms with Crippen LogP contribution in [0.4, 0.5) is 0 Å². The third kappa shape index (κ3) is 3.69. The van der Waals surface area contributed by atoms with E-state index in [1.54, 1.807) is 0 Å². The zero-order valence-corrected chi connectivity index (χ0v) is 12.0. The zero-order chi connectivity index (χ0) is 12.8. The van der Waals surface area contributed by atoms with Gasteiger partial charge < -0.3 is 15.4 Å². The van der Waals surface area contributed by atoms with Crippen LogP contribution in [0.3, 0.4) is 0 Å². The van der Waals surface area contributed by atoms with E-state index in [0.717, 1.165) is 19.7 Å². The fourth-order valence-corrected chi connectivity index (χ4v) is 3.73. The molecule has 2 rings (SSSR count). The van der Waals surface area contributed by atoms with Gasteiger partial charge in [0.1, 0.15) is 0 Å². The van der Waals surface area contributed by atoms with Crippen LogP contribution in [0.1, 0.15) is 51.9 Å². The monoisotopic (exact) mass is 254 g/mol. The molecule has 1 heterocycles. The second kappa shape index (κ2) is 6.88. The Kier molecular flexibility index (Phi) is 5.46. The van der Waals surface area contributed by atoms with E-state index in [9.17, 15) is 0 Å². The summed E-state index contributed by atoms with van der Waals surface area (Å²) < 4.78 is 5.80. The summed E-state index contributed by atoms with van der Waals surface area (Å²) in [6.07, 6.45) is 9.80. The van der Waals surface area contributed by atoms with Gasteiger partial charge in [-0.1, -0.05) is 19.3 Å². The van der Waals surface area contributed by atoms with E-state index in [2.05, 4.69) is 11.8 Å². The van der Waals surface area contributed by atoms with Gasteiger partial charge in [-0.15, -0.1) is 0 Å².